The molecule has 0 aliphatic heterocycles. The van der Waals surface area contributed by atoms with E-state index >= 15 is 0 Å². The number of hydrogen-bond acceptors (Lipinski definition) is 4. The molecule has 0 aliphatic rings. The van der Waals surface area contributed by atoms with Gasteiger partial charge in [-0.25, -0.2) is 4.98 Å². The predicted octanol–water partition coefficient (Wildman–Crippen LogP) is 3.85. The maximum absolute atomic E-state index is 12.7. The van der Waals surface area contributed by atoms with Crippen molar-refractivity contribution in [1.82, 2.24) is 14.4 Å². The number of hydrogen-bond donors (Lipinski definition) is 2. The van der Waals surface area contributed by atoms with E-state index in [1.54, 1.807) is 48.9 Å². The summed E-state index contributed by atoms with van der Waals surface area (Å²) in [4.78, 5) is 33.7. The second-order valence-electron chi connectivity index (χ2n) is 6.73. The van der Waals surface area contributed by atoms with Crippen LogP contribution in [0.3, 0.4) is 0 Å². The highest BCUT2D eigenvalue weighted by Crippen LogP contribution is 2.18. The van der Waals surface area contributed by atoms with Crippen LogP contribution < -0.4 is 10.6 Å². The fourth-order valence-corrected chi connectivity index (χ4v) is 3.04. The lowest BCUT2D eigenvalue weighted by atomic mass is 10.1. The zero-order valence-electron chi connectivity index (χ0n) is 16.0. The molecule has 2 N–H and O–H groups in total. The van der Waals surface area contributed by atoms with Crippen molar-refractivity contribution in [2.45, 2.75) is 13.8 Å². The number of nitrogens with one attached hydrogen (secondary N) is 2. The van der Waals surface area contributed by atoms with Crippen LogP contribution in [0.1, 0.15) is 32.0 Å². The Morgan fingerprint density at radius 3 is 2.52 bits per heavy atom. The summed E-state index contributed by atoms with van der Waals surface area (Å²) in [6.45, 7) is 3.78. The zero-order chi connectivity index (χ0) is 20.4. The first-order valence-corrected chi connectivity index (χ1v) is 9.09. The number of imidazole rings is 1. The van der Waals surface area contributed by atoms with Gasteiger partial charge in [0.05, 0.1) is 11.9 Å². The van der Waals surface area contributed by atoms with Crippen LogP contribution in [-0.4, -0.2) is 26.2 Å². The van der Waals surface area contributed by atoms with Crippen molar-refractivity contribution in [3.8, 4) is 0 Å². The molecule has 0 saturated heterocycles. The third-order valence-electron chi connectivity index (χ3n) is 4.57. The molecule has 0 fully saturated rings. The zero-order valence-corrected chi connectivity index (χ0v) is 16.0. The molecule has 3 aromatic heterocycles. The third kappa shape index (κ3) is 3.84. The van der Waals surface area contributed by atoms with Crippen molar-refractivity contribution >= 4 is 28.8 Å². The lowest BCUT2D eigenvalue weighted by molar-refractivity contribution is 0.101. The van der Waals surface area contributed by atoms with Gasteiger partial charge in [-0.15, -0.1) is 0 Å². The first kappa shape index (κ1) is 18.4. The Labute approximate surface area is 167 Å². The Morgan fingerprint density at radius 2 is 1.76 bits per heavy atom. The summed E-state index contributed by atoms with van der Waals surface area (Å²) in [6, 6.07) is 12.6. The predicted molar refractivity (Wildman–Crippen MR) is 111 cm³/mol. The van der Waals surface area contributed by atoms with Crippen molar-refractivity contribution in [3.63, 3.8) is 0 Å². The van der Waals surface area contributed by atoms with Gasteiger partial charge in [0, 0.05) is 29.8 Å². The Hall–Kier alpha value is -4.00. The van der Waals surface area contributed by atoms with Crippen molar-refractivity contribution in [2.24, 2.45) is 0 Å². The van der Waals surface area contributed by atoms with E-state index in [-0.39, 0.29) is 11.8 Å². The average molecular weight is 385 g/mol. The summed E-state index contributed by atoms with van der Waals surface area (Å²) in [5.41, 5.74) is 4.41. The largest absolute Gasteiger partial charge is 0.321 e. The Balaban J connectivity index is 1.55. The fourth-order valence-electron chi connectivity index (χ4n) is 3.04. The topological polar surface area (TPSA) is 88.4 Å². The summed E-state index contributed by atoms with van der Waals surface area (Å²) in [6.07, 6.45) is 6.74. The van der Waals surface area contributed by atoms with Crippen molar-refractivity contribution < 1.29 is 9.59 Å². The quantitative estimate of drug-likeness (QED) is 0.558. The lowest BCUT2D eigenvalue weighted by Gasteiger charge is -2.10. The number of carbonyl (C=O) groups excluding carboxylic acids is 2. The van der Waals surface area contributed by atoms with E-state index in [4.69, 9.17) is 0 Å². The number of amides is 2. The van der Waals surface area contributed by atoms with Gasteiger partial charge in [-0.2, -0.15) is 0 Å². The maximum Gasteiger partial charge on any atom is 0.275 e. The molecule has 0 aliphatic carbocycles. The highest BCUT2D eigenvalue weighted by Gasteiger charge is 2.15. The molecular weight excluding hydrogens is 366 g/mol. The van der Waals surface area contributed by atoms with Gasteiger partial charge in [0.2, 0.25) is 0 Å². The summed E-state index contributed by atoms with van der Waals surface area (Å²) < 4.78 is 1.81. The molecule has 4 aromatic rings. The van der Waals surface area contributed by atoms with Crippen LogP contribution in [0.2, 0.25) is 0 Å². The lowest BCUT2D eigenvalue weighted by Crippen LogP contribution is -2.16. The minimum absolute atomic E-state index is 0.269. The molecule has 0 saturated carbocycles. The molecule has 1 aromatic carbocycles. The number of rotatable bonds is 4. The molecule has 7 nitrogen and oxygen atoms in total. The molecule has 144 valence electrons. The second-order valence-corrected chi connectivity index (χ2v) is 6.73. The van der Waals surface area contributed by atoms with Crippen LogP contribution in [0.15, 0.2) is 67.3 Å². The number of nitrogens with zero attached hydrogens (tertiary/aromatic N) is 3. The molecular formula is C22H19N5O2. The standard InChI is InChI=1S/C22H19N5O2/c1-14-7-8-16(11-18(14)21(28)25-17-6-3-9-23-12-17)24-22(29)19-13-27-10-4-5-15(2)20(27)26-19/h3-13H,1-2H3,(H,24,29)(H,25,28). The van der Waals surface area contributed by atoms with E-state index in [0.29, 0.717) is 22.6 Å². The van der Waals surface area contributed by atoms with Gasteiger partial charge < -0.3 is 15.0 Å². The summed E-state index contributed by atoms with van der Waals surface area (Å²) in [5.74, 6) is -0.606. The van der Waals surface area contributed by atoms with Crippen molar-refractivity contribution in [2.75, 3.05) is 10.6 Å². The Bertz CT molecular complexity index is 1210. The van der Waals surface area contributed by atoms with E-state index in [9.17, 15) is 9.59 Å². The van der Waals surface area contributed by atoms with Crippen LogP contribution in [0.5, 0.6) is 0 Å². The number of benzene rings is 1. The van der Waals surface area contributed by atoms with Crippen LogP contribution in [0, 0.1) is 13.8 Å². The Kier molecular flexibility index (Phi) is 4.78. The summed E-state index contributed by atoms with van der Waals surface area (Å²) in [7, 11) is 0. The molecule has 0 atom stereocenters. The minimum Gasteiger partial charge on any atom is -0.321 e. The number of pyridine rings is 2. The number of aryl methyl sites for hydroxylation is 2. The van der Waals surface area contributed by atoms with Gasteiger partial charge in [-0.1, -0.05) is 12.1 Å². The fraction of sp³-hybridized carbons (Fsp3) is 0.0909. The number of anilines is 2. The van der Waals surface area contributed by atoms with E-state index in [0.717, 1.165) is 16.8 Å². The van der Waals surface area contributed by atoms with Crippen molar-refractivity contribution in [1.29, 1.82) is 0 Å². The molecule has 0 bridgehead atoms. The molecule has 2 amide bonds. The first-order valence-electron chi connectivity index (χ1n) is 9.09. The maximum atomic E-state index is 12.7. The number of fused-ring (bicyclic) bond motifs is 1. The third-order valence-corrected chi connectivity index (χ3v) is 4.57. The van der Waals surface area contributed by atoms with E-state index in [1.165, 1.54) is 0 Å². The molecule has 4 rings (SSSR count). The van der Waals surface area contributed by atoms with Crippen LogP contribution >= 0.6 is 0 Å². The minimum atomic E-state index is -0.337. The monoisotopic (exact) mass is 385 g/mol. The highest BCUT2D eigenvalue weighted by atomic mass is 16.2. The second kappa shape index (κ2) is 7.55. The van der Waals surface area contributed by atoms with E-state index in [1.807, 2.05) is 36.6 Å². The smallest absolute Gasteiger partial charge is 0.275 e. The van der Waals surface area contributed by atoms with Gasteiger partial charge in [-0.3, -0.25) is 14.6 Å². The number of carbonyl (C=O) groups is 2. The summed E-state index contributed by atoms with van der Waals surface area (Å²) in [5, 5.41) is 5.62. The first-order chi connectivity index (χ1) is 14.0. The molecule has 0 spiro atoms. The average Bonchev–Trinajstić information content (AvgIpc) is 3.16. The molecule has 3 heterocycles. The number of aromatic nitrogens is 3. The van der Waals surface area contributed by atoms with Crippen molar-refractivity contribution in [3.05, 3.63) is 89.6 Å². The van der Waals surface area contributed by atoms with Gasteiger partial charge in [0.1, 0.15) is 11.3 Å². The Morgan fingerprint density at radius 1 is 0.931 bits per heavy atom. The molecule has 0 unspecified atom stereocenters. The van der Waals surface area contributed by atoms with Gasteiger partial charge in [0.15, 0.2) is 0 Å². The SMILES string of the molecule is Cc1ccc(NC(=O)c2cn3cccc(C)c3n2)cc1C(=O)Nc1cccnc1. The van der Waals surface area contributed by atoms with Crippen LogP contribution in [0.4, 0.5) is 11.4 Å². The van der Waals surface area contributed by atoms with Gasteiger partial charge in [0.25, 0.3) is 11.8 Å². The van der Waals surface area contributed by atoms with Crippen LogP contribution in [-0.2, 0) is 0 Å². The molecule has 7 heteroatoms. The summed E-state index contributed by atoms with van der Waals surface area (Å²) >= 11 is 0. The van der Waals surface area contributed by atoms with E-state index < -0.39 is 0 Å². The normalized spacial score (nSPS) is 10.7. The highest BCUT2D eigenvalue weighted by molar-refractivity contribution is 6.07. The van der Waals surface area contributed by atoms with Crippen LogP contribution in [0.25, 0.3) is 5.65 Å². The van der Waals surface area contributed by atoms with Gasteiger partial charge >= 0.3 is 0 Å². The molecule has 0 radical (unpaired) electrons. The van der Waals surface area contributed by atoms with Gasteiger partial charge in [-0.05, 0) is 55.3 Å². The molecule has 29 heavy (non-hydrogen) atoms. The van der Waals surface area contributed by atoms with E-state index in [2.05, 4.69) is 20.6 Å².